The molecule has 0 amide bonds. The fraction of sp³-hybridized carbons (Fsp3) is 0.455. The Hall–Kier alpha value is -0.570. The molecule has 1 aromatic rings. The molecular weight excluding hydrogens is 245 g/mol. The summed E-state index contributed by atoms with van der Waals surface area (Å²) in [5, 5.41) is 0. The smallest absolute Gasteiger partial charge is 0.103 e. The lowest BCUT2D eigenvalue weighted by molar-refractivity contribution is 0.277. The van der Waals surface area contributed by atoms with Crippen LogP contribution in [0.5, 0.6) is 0 Å². The zero-order valence-corrected chi connectivity index (χ0v) is 9.50. The van der Waals surface area contributed by atoms with Crippen LogP contribution < -0.4 is 4.90 Å². The first kappa shape index (κ1) is 9.97. The second-order valence-corrected chi connectivity index (χ2v) is 4.55. The van der Waals surface area contributed by atoms with Crippen LogP contribution in [-0.4, -0.2) is 19.3 Å². The quantitative estimate of drug-likeness (QED) is 0.746. The van der Waals surface area contributed by atoms with Gasteiger partial charge in [-0.3, -0.25) is 0 Å². The number of nitrogens with zero attached hydrogens (tertiary/aromatic N) is 1. The summed E-state index contributed by atoms with van der Waals surface area (Å²) >= 11 is 3.40. The topological polar surface area (TPSA) is 3.24 Å². The van der Waals surface area contributed by atoms with Crippen molar-refractivity contribution in [1.29, 1.82) is 0 Å². The van der Waals surface area contributed by atoms with E-state index >= 15 is 0 Å². The van der Waals surface area contributed by atoms with Crippen LogP contribution in [0, 0.1) is 0 Å². The van der Waals surface area contributed by atoms with E-state index in [0.717, 1.165) is 17.6 Å². The van der Waals surface area contributed by atoms with Crippen LogP contribution in [-0.2, 0) is 0 Å². The fourth-order valence-electron chi connectivity index (χ4n) is 1.76. The number of hydrogen-bond donors (Lipinski definition) is 0. The third-order valence-corrected chi connectivity index (χ3v) is 3.14. The summed E-state index contributed by atoms with van der Waals surface area (Å²) in [5.41, 5.74) is 1.19. The van der Waals surface area contributed by atoms with Crippen molar-refractivity contribution in [3.05, 3.63) is 28.7 Å². The minimum Gasteiger partial charge on any atom is -0.371 e. The van der Waals surface area contributed by atoms with Crippen molar-refractivity contribution in [3.8, 4) is 0 Å². The maximum Gasteiger partial charge on any atom is 0.103 e. The predicted molar refractivity (Wildman–Crippen MR) is 60.5 cm³/mol. The molecule has 0 N–H and O–H groups in total. The van der Waals surface area contributed by atoms with Crippen LogP contribution in [0.15, 0.2) is 28.7 Å². The molecule has 1 fully saturated rings. The number of hydrogen-bond acceptors (Lipinski definition) is 1. The van der Waals surface area contributed by atoms with Crippen molar-refractivity contribution in [2.75, 3.05) is 18.0 Å². The van der Waals surface area contributed by atoms with E-state index in [1.807, 2.05) is 12.1 Å². The van der Waals surface area contributed by atoms with Gasteiger partial charge in [-0.2, -0.15) is 0 Å². The molecule has 76 valence electrons. The van der Waals surface area contributed by atoms with Gasteiger partial charge in [-0.1, -0.05) is 15.9 Å². The highest BCUT2D eigenvalue weighted by Crippen LogP contribution is 2.22. The maximum atomic E-state index is 12.9. The van der Waals surface area contributed by atoms with Crippen LogP contribution in [0.2, 0.25) is 0 Å². The lowest BCUT2D eigenvalue weighted by Crippen LogP contribution is -2.34. The summed E-state index contributed by atoms with van der Waals surface area (Å²) in [6.45, 7) is 1.67. The molecule has 0 aromatic heterocycles. The monoisotopic (exact) mass is 257 g/mol. The number of anilines is 1. The third-order valence-electron chi connectivity index (χ3n) is 2.62. The van der Waals surface area contributed by atoms with Gasteiger partial charge in [-0.15, -0.1) is 0 Å². The summed E-state index contributed by atoms with van der Waals surface area (Å²) in [7, 11) is 0. The standard InChI is InChI=1S/C11H13BrFN/c12-9-1-3-11(4-2-9)14-7-5-10(13)6-8-14/h1-4,10H,5-8H2. The Bertz CT molecular complexity index is 291. The molecular formula is C11H13BrFN. The number of rotatable bonds is 1. The molecule has 0 spiro atoms. The largest absolute Gasteiger partial charge is 0.371 e. The molecule has 0 radical (unpaired) electrons. The number of benzene rings is 1. The summed E-state index contributed by atoms with van der Waals surface area (Å²) in [6.07, 6.45) is 0.730. The number of halogens is 2. The summed E-state index contributed by atoms with van der Waals surface area (Å²) in [6, 6.07) is 8.19. The molecule has 14 heavy (non-hydrogen) atoms. The molecule has 0 unspecified atom stereocenters. The Balaban J connectivity index is 2.05. The van der Waals surface area contributed by atoms with Crippen LogP contribution in [0.1, 0.15) is 12.8 Å². The van der Waals surface area contributed by atoms with Gasteiger partial charge in [0, 0.05) is 23.2 Å². The van der Waals surface area contributed by atoms with Crippen molar-refractivity contribution >= 4 is 21.6 Å². The molecule has 0 atom stereocenters. The van der Waals surface area contributed by atoms with E-state index in [-0.39, 0.29) is 0 Å². The summed E-state index contributed by atoms with van der Waals surface area (Å²) in [5.74, 6) is 0. The second-order valence-electron chi connectivity index (χ2n) is 3.64. The molecule has 0 bridgehead atoms. The first-order chi connectivity index (χ1) is 6.75. The minimum absolute atomic E-state index is 0.596. The van der Waals surface area contributed by atoms with Gasteiger partial charge in [0.15, 0.2) is 0 Å². The minimum atomic E-state index is -0.596. The Morgan fingerprint density at radius 1 is 1.14 bits per heavy atom. The number of alkyl halides is 1. The van der Waals surface area contributed by atoms with Gasteiger partial charge < -0.3 is 4.90 Å². The lowest BCUT2D eigenvalue weighted by atomic mass is 10.1. The highest BCUT2D eigenvalue weighted by molar-refractivity contribution is 9.10. The van der Waals surface area contributed by atoms with Gasteiger partial charge in [0.2, 0.25) is 0 Å². The molecule has 1 aromatic carbocycles. The van der Waals surface area contributed by atoms with E-state index < -0.39 is 6.17 Å². The SMILES string of the molecule is FC1CCN(c2ccc(Br)cc2)CC1. The zero-order valence-electron chi connectivity index (χ0n) is 7.92. The Labute approximate surface area is 92.0 Å². The van der Waals surface area contributed by atoms with Crippen molar-refractivity contribution in [1.82, 2.24) is 0 Å². The van der Waals surface area contributed by atoms with E-state index in [9.17, 15) is 4.39 Å². The van der Waals surface area contributed by atoms with E-state index in [4.69, 9.17) is 0 Å². The van der Waals surface area contributed by atoms with Crippen LogP contribution in [0.4, 0.5) is 10.1 Å². The van der Waals surface area contributed by atoms with Gasteiger partial charge in [-0.05, 0) is 37.1 Å². The van der Waals surface area contributed by atoms with E-state index in [1.165, 1.54) is 5.69 Å². The average Bonchev–Trinajstić information content (AvgIpc) is 2.21. The normalized spacial score (nSPS) is 18.6. The Morgan fingerprint density at radius 2 is 1.71 bits per heavy atom. The number of piperidine rings is 1. The maximum absolute atomic E-state index is 12.9. The van der Waals surface area contributed by atoms with E-state index in [2.05, 4.69) is 33.0 Å². The van der Waals surface area contributed by atoms with Crippen LogP contribution in [0.25, 0.3) is 0 Å². The first-order valence-electron chi connectivity index (χ1n) is 4.90. The third kappa shape index (κ3) is 2.27. The van der Waals surface area contributed by atoms with Crippen molar-refractivity contribution < 1.29 is 4.39 Å². The molecule has 1 heterocycles. The average molecular weight is 258 g/mol. The molecule has 0 saturated carbocycles. The summed E-state index contributed by atoms with van der Waals surface area (Å²) in [4.78, 5) is 2.24. The summed E-state index contributed by atoms with van der Waals surface area (Å²) < 4.78 is 14.0. The van der Waals surface area contributed by atoms with Gasteiger partial charge in [0.1, 0.15) is 6.17 Å². The Morgan fingerprint density at radius 3 is 2.29 bits per heavy atom. The second kappa shape index (κ2) is 4.30. The highest BCUT2D eigenvalue weighted by atomic mass is 79.9. The van der Waals surface area contributed by atoms with Crippen LogP contribution in [0.3, 0.4) is 0 Å². The molecule has 1 aliphatic heterocycles. The fourth-order valence-corrected chi connectivity index (χ4v) is 2.02. The molecule has 2 rings (SSSR count). The van der Waals surface area contributed by atoms with E-state index in [0.29, 0.717) is 12.8 Å². The van der Waals surface area contributed by atoms with Crippen molar-refractivity contribution in [2.45, 2.75) is 19.0 Å². The van der Waals surface area contributed by atoms with Crippen molar-refractivity contribution in [3.63, 3.8) is 0 Å². The Kier molecular flexibility index (Phi) is 3.06. The van der Waals surface area contributed by atoms with Crippen molar-refractivity contribution in [2.24, 2.45) is 0 Å². The van der Waals surface area contributed by atoms with Crippen LogP contribution >= 0.6 is 15.9 Å². The zero-order chi connectivity index (χ0) is 9.97. The predicted octanol–water partition coefficient (Wildman–Crippen LogP) is 3.39. The van der Waals surface area contributed by atoms with Gasteiger partial charge in [0.05, 0.1) is 0 Å². The molecule has 0 aliphatic carbocycles. The highest BCUT2D eigenvalue weighted by Gasteiger charge is 2.18. The van der Waals surface area contributed by atoms with E-state index in [1.54, 1.807) is 0 Å². The van der Waals surface area contributed by atoms with Gasteiger partial charge >= 0.3 is 0 Å². The molecule has 1 aliphatic rings. The molecule has 1 nitrogen and oxygen atoms in total. The van der Waals surface area contributed by atoms with Gasteiger partial charge in [0.25, 0.3) is 0 Å². The van der Waals surface area contributed by atoms with Gasteiger partial charge in [-0.25, -0.2) is 4.39 Å². The molecule has 3 heteroatoms. The molecule has 1 saturated heterocycles. The lowest BCUT2D eigenvalue weighted by Gasteiger charge is -2.30. The first-order valence-corrected chi connectivity index (χ1v) is 5.69.